The molecule has 0 spiro atoms. The number of halogens is 2. The molecule has 1 saturated heterocycles. The number of methoxy groups -OCH3 is 2. The van der Waals surface area contributed by atoms with Crippen molar-refractivity contribution in [2.24, 2.45) is 0 Å². The minimum absolute atomic E-state index is 0.0658. The number of hydrogen-bond acceptors (Lipinski definition) is 7. The summed E-state index contributed by atoms with van der Waals surface area (Å²) in [5.74, 6) is 1.27. The summed E-state index contributed by atoms with van der Waals surface area (Å²) in [7, 11) is 5.05. The van der Waals surface area contributed by atoms with Gasteiger partial charge in [0.2, 0.25) is 0 Å². The first-order valence-electron chi connectivity index (χ1n) is 12.1. The van der Waals surface area contributed by atoms with E-state index in [0.29, 0.717) is 17.1 Å². The number of aromatic nitrogens is 2. The summed E-state index contributed by atoms with van der Waals surface area (Å²) in [5, 5.41) is 5.25. The molecule has 0 bridgehead atoms. The monoisotopic (exact) mass is 521 g/mol. The minimum Gasteiger partial charge on any atom is -0.495 e. The van der Waals surface area contributed by atoms with Gasteiger partial charge in [-0.15, -0.1) is 0 Å². The molecule has 37 heavy (non-hydrogen) atoms. The zero-order valence-corrected chi connectivity index (χ0v) is 21.8. The number of rotatable bonds is 7. The number of fused-ring (bicyclic) bond motifs is 1. The highest BCUT2D eigenvalue weighted by atomic mass is 35.5. The molecular formula is C28H29ClFN5O2. The van der Waals surface area contributed by atoms with Crippen molar-refractivity contribution in [1.29, 1.82) is 0 Å². The van der Waals surface area contributed by atoms with Crippen molar-refractivity contribution in [1.82, 2.24) is 19.8 Å². The van der Waals surface area contributed by atoms with Crippen molar-refractivity contribution in [2.75, 3.05) is 52.8 Å². The van der Waals surface area contributed by atoms with Crippen molar-refractivity contribution in [3.8, 4) is 22.6 Å². The van der Waals surface area contributed by atoms with Crippen LogP contribution in [0.2, 0.25) is 5.02 Å². The maximum Gasteiger partial charge on any atom is 0.174 e. The summed E-state index contributed by atoms with van der Waals surface area (Å²) in [5.41, 5.74) is 2.02. The van der Waals surface area contributed by atoms with Crippen LogP contribution >= 0.6 is 11.6 Å². The van der Waals surface area contributed by atoms with Gasteiger partial charge in [-0.2, -0.15) is 0 Å². The third-order valence-electron chi connectivity index (χ3n) is 6.67. The molecule has 0 unspecified atom stereocenters. The molecule has 4 aromatic rings. The molecule has 0 aliphatic carbocycles. The van der Waals surface area contributed by atoms with Gasteiger partial charge in [-0.05, 0) is 41.8 Å². The van der Waals surface area contributed by atoms with Gasteiger partial charge in [-0.1, -0.05) is 29.8 Å². The van der Waals surface area contributed by atoms with Crippen LogP contribution in [0.1, 0.15) is 5.56 Å². The predicted octanol–water partition coefficient (Wildman–Crippen LogP) is 5.60. The first kappa shape index (κ1) is 25.2. The fourth-order valence-electron chi connectivity index (χ4n) is 4.49. The number of piperazine rings is 1. The van der Waals surface area contributed by atoms with Gasteiger partial charge in [0, 0.05) is 62.1 Å². The second kappa shape index (κ2) is 10.9. The molecule has 2 aromatic carbocycles. The Morgan fingerprint density at radius 3 is 2.35 bits per heavy atom. The van der Waals surface area contributed by atoms with Crippen LogP contribution in [-0.4, -0.2) is 67.2 Å². The van der Waals surface area contributed by atoms with Crippen LogP contribution in [-0.2, 0) is 6.54 Å². The Morgan fingerprint density at radius 2 is 1.65 bits per heavy atom. The van der Waals surface area contributed by atoms with Gasteiger partial charge in [0.25, 0.3) is 0 Å². The standard InChI is InChI=1S/C28H29ClFN5O2/c1-34-8-10-35(11-9-34)17-18-4-7-24(31-15-18)33-25-13-19-5-6-20(12-21(19)16-32-25)26-27(29)22(36-2)14-23(37-3)28(26)30/h4-7,12-16H,8-11,17H2,1-3H3,(H,31,32,33). The van der Waals surface area contributed by atoms with Crippen molar-refractivity contribution < 1.29 is 13.9 Å². The molecule has 1 N–H and O–H groups in total. The lowest BCUT2D eigenvalue weighted by molar-refractivity contribution is 0.148. The van der Waals surface area contributed by atoms with Crippen LogP contribution in [0.25, 0.3) is 21.9 Å². The number of pyridine rings is 2. The summed E-state index contributed by atoms with van der Waals surface area (Å²) in [4.78, 5) is 13.9. The second-order valence-electron chi connectivity index (χ2n) is 9.17. The van der Waals surface area contributed by atoms with Crippen LogP contribution in [0.3, 0.4) is 0 Å². The zero-order chi connectivity index (χ0) is 25.9. The molecule has 0 radical (unpaired) electrons. The quantitative estimate of drug-likeness (QED) is 0.340. The van der Waals surface area contributed by atoms with Gasteiger partial charge in [-0.3, -0.25) is 4.90 Å². The largest absolute Gasteiger partial charge is 0.495 e. The van der Waals surface area contributed by atoms with E-state index in [1.165, 1.54) is 25.8 Å². The Hall–Kier alpha value is -3.46. The molecule has 192 valence electrons. The van der Waals surface area contributed by atoms with E-state index >= 15 is 4.39 Å². The first-order chi connectivity index (χ1) is 17.9. The molecular weight excluding hydrogens is 493 g/mol. The molecule has 5 rings (SSSR count). The second-order valence-corrected chi connectivity index (χ2v) is 9.55. The van der Waals surface area contributed by atoms with Crippen LogP contribution < -0.4 is 14.8 Å². The van der Waals surface area contributed by atoms with Gasteiger partial charge in [0.1, 0.15) is 17.4 Å². The smallest absolute Gasteiger partial charge is 0.174 e. The normalized spacial score (nSPS) is 14.6. The zero-order valence-electron chi connectivity index (χ0n) is 21.1. The maximum atomic E-state index is 15.1. The highest BCUT2D eigenvalue weighted by molar-refractivity contribution is 6.35. The van der Waals surface area contributed by atoms with E-state index in [4.69, 9.17) is 21.1 Å². The molecule has 0 amide bonds. The van der Waals surface area contributed by atoms with E-state index < -0.39 is 5.82 Å². The van der Waals surface area contributed by atoms with Crippen molar-refractivity contribution in [3.63, 3.8) is 0 Å². The van der Waals surface area contributed by atoms with Gasteiger partial charge in [0.15, 0.2) is 11.6 Å². The van der Waals surface area contributed by atoms with E-state index in [-0.39, 0.29) is 16.3 Å². The third kappa shape index (κ3) is 5.46. The van der Waals surface area contributed by atoms with Crippen molar-refractivity contribution in [3.05, 3.63) is 71.3 Å². The molecule has 1 aliphatic heterocycles. The number of ether oxygens (including phenoxy) is 2. The molecule has 0 saturated carbocycles. The summed E-state index contributed by atoms with van der Waals surface area (Å²) < 4.78 is 25.6. The third-order valence-corrected chi connectivity index (χ3v) is 7.04. The number of anilines is 2. The van der Waals surface area contributed by atoms with E-state index in [1.807, 2.05) is 36.5 Å². The van der Waals surface area contributed by atoms with Crippen LogP contribution in [0.5, 0.6) is 11.5 Å². The SMILES string of the molecule is COc1cc(OC)c(Cl)c(-c2ccc3cc(Nc4ccc(CN5CCN(C)CC5)cn4)ncc3c2)c1F. The number of nitrogens with zero attached hydrogens (tertiary/aromatic N) is 4. The average Bonchev–Trinajstić information content (AvgIpc) is 2.91. The Bertz CT molecular complexity index is 1380. The number of likely N-dealkylation sites (N-methyl/N-ethyl adjacent to an activating group) is 1. The molecule has 3 heterocycles. The number of benzene rings is 2. The van der Waals surface area contributed by atoms with Gasteiger partial charge >= 0.3 is 0 Å². The molecule has 1 fully saturated rings. The Balaban J connectivity index is 1.33. The molecule has 0 atom stereocenters. The van der Waals surface area contributed by atoms with E-state index in [0.717, 1.165) is 49.3 Å². The van der Waals surface area contributed by atoms with Crippen molar-refractivity contribution >= 4 is 34.0 Å². The van der Waals surface area contributed by atoms with E-state index in [9.17, 15) is 0 Å². The van der Waals surface area contributed by atoms with Gasteiger partial charge < -0.3 is 19.7 Å². The highest BCUT2D eigenvalue weighted by Gasteiger charge is 2.20. The summed E-state index contributed by atoms with van der Waals surface area (Å²) in [6, 6.07) is 13.0. The fraction of sp³-hybridized carbons (Fsp3) is 0.286. The average molecular weight is 522 g/mol. The number of hydrogen-bond donors (Lipinski definition) is 1. The Kier molecular flexibility index (Phi) is 7.41. The summed E-state index contributed by atoms with van der Waals surface area (Å²) in [6.07, 6.45) is 3.65. The molecule has 9 heteroatoms. The predicted molar refractivity (Wildman–Crippen MR) is 146 cm³/mol. The Labute approximate surface area is 220 Å². The van der Waals surface area contributed by atoms with Crippen molar-refractivity contribution in [2.45, 2.75) is 6.54 Å². The maximum absolute atomic E-state index is 15.1. The van der Waals surface area contributed by atoms with Crippen LogP contribution in [0.4, 0.5) is 16.0 Å². The van der Waals surface area contributed by atoms with Gasteiger partial charge in [-0.25, -0.2) is 14.4 Å². The first-order valence-corrected chi connectivity index (χ1v) is 12.5. The molecule has 1 aliphatic rings. The number of nitrogens with one attached hydrogen (secondary N) is 1. The summed E-state index contributed by atoms with van der Waals surface area (Å²) in [6.45, 7) is 5.24. The topological polar surface area (TPSA) is 62.8 Å². The van der Waals surface area contributed by atoms with Crippen LogP contribution in [0.15, 0.2) is 54.9 Å². The lowest BCUT2D eigenvalue weighted by Gasteiger charge is -2.32. The Morgan fingerprint density at radius 1 is 0.892 bits per heavy atom. The van der Waals surface area contributed by atoms with Crippen LogP contribution in [0, 0.1) is 5.82 Å². The van der Waals surface area contributed by atoms with E-state index in [2.05, 4.69) is 38.2 Å². The lowest BCUT2D eigenvalue weighted by atomic mass is 10.0. The minimum atomic E-state index is -0.541. The lowest BCUT2D eigenvalue weighted by Crippen LogP contribution is -2.43. The summed E-state index contributed by atoms with van der Waals surface area (Å²) >= 11 is 6.46. The fourth-order valence-corrected chi connectivity index (χ4v) is 4.82. The highest BCUT2D eigenvalue weighted by Crippen LogP contribution is 2.42. The van der Waals surface area contributed by atoms with E-state index in [1.54, 1.807) is 6.20 Å². The molecule has 2 aromatic heterocycles. The molecule has 7 nitrogen and oxygen atoms in total. The van der Waals surface area contributed by atoms with Gasteiger partial charge in [0.05, 0.1) is 19.2 Å².